The van der Waals surface area contributed by atoms with E-state index in [4.69, 9.17) is 16.3 Å². The number of anilines is 2. The fourth-order valence-electron chi connectivity index (χ4n) is 2.37. The van der Waals surface area contributed by atoms with Crippen molar-refractivity contribution in [3.8, 4) is 5.75 Å². The van der Waals surface area contributed by atoms with E-state index in [1.54, 1.807) is 31.3 Å². The van der Waals surface area contributed by atoms with Crippen LogP contribution in [-0.4, -0.2) is 25.5 Å². The Morgan fingerprint density at radius 3 is 2.87 bits per heavy atom. The van der Waals surface area contributed by atoms with Gasteiger partial charge in [-0.2, -0.15) is 0 Å². The molecule has 1 aliphatic heterocycles. The predicted octanol–water partition coefficient (Wildman–Crippen LogP) is 2.88. The molecule has 0 unspecified atom stereocenters. The van der Waals surface area contributed by atoms with Crippen molar-refractivity contribution in [2.24, 2.45) is 0 Å². The summed E-state index contributed by atoms with van der Waals surface area (Å²) in [6, 6.07) is 12.4. The number of benzene rings is 2. The van der Waals surface area contributed by atoms with E-state index >= 15 is 0 Å². The minimum atomic E-state index is -0.177. The number of amides is 2. The minimum Gasteiger partial charge on any atom is -0.482 e. The number of fused-ring (bicyclic) bond motifs is 1. The van der Waals surface area contributed by atoms with Crippen molar-refractivity contribution >= 4 is 34.8 Å². The molecular weight excluding hydrogens is 316 g/mol. The molecule has 0 atom stereocenters. The number of ether oxygens (including phenoxy) is 1. The van der Waals surface area contributed by atoms with Gasteiger partial charge in [0.1, 0.15) is 5.75 Å². The Morgan fingerprint density at radius 1 is 1.30 bits per heavy atom. The Morgan fingerprint density at radius 2 is 2.09 bits per heavy atom. The predicted molar refractivity (Wildman–Crippen MR) is 89.1 cm³/mol. The van der Waals surface area contributed by atoms with Crippen molar-refractivity contribution < 1.29 is 14.3 Å². The summed E-state index contributed by atoms with van der Waals surface area (Å²) >= 11 is 6.06. The van der Waals surface area contributed by atoms with Gasteiger partial charge in [-0.1, -0.05) is 29.8 Å². The van der Waals surface area contributed by atoms with Crippen molar-refractivity contribution in [3.05, 3.63) is 53.1 Å². The largest absolute Gasteiger partial charge is 0.482 e. The highest BCUT2D eigenvalue weighted by Crippen LogP contribution is 2.33. The van der Waals surface area contributed by atoms with Crippen molar-refractivity contribution in [2.75, 3.05) is 23.9 Å². The molecule has 1 N–H and O–H groups in total. The topological polar surface area (TPSA) is 58.6 Å². The first-order valence-electron chi connectivity index (χ1n) is 7.11. The van der Waals surface area contributed by atoms with E-state index in [1.807, 2.05) is 18.2 Å². The van der Waals surface area contributed by atoms with Gasteiger partial charge in [-0.05, 0) is 29.8 Å². The van der Waals surface area contributed by atoms with Crippen LogP contribution in [0.25, 0.3) is 0 Å². The molecule has 2 aromatic carbocycles. The number of likely N-dealkylation sites (N-methyl/N-ethyl adjacent to an activating group) is 1. The number of nitrogens with one attached hydrogen (secondary N) is 1. The first kappa shape index (κ1) is 15.4. The fraction of sp³-hybridized carbons (Fsp3) is 0.176. The van der Waals surface area contributed by atoms with Gasteiger partial charge in [0.2, 0.25) is 5.91 Å². The van der Waals surface area contributed by atoms with Gasteiger partial charge in [0.15, 0.2) is 6.61 Å². The maximum absolute atomic E-state index is 12.2. The number of carbonyl (C=O) groups excluding carboxylic acids is 2. The fourth-order valence-corrected chi connectivity index (χ4v) is 2.57. The molecule has 23 heavy (non-hydrogen) atoms. The second-order valence-electron chi connectivity index (χ2n) is 5.24. The molecule has 0 radical (unpaired) electrons. The molecule has 118 valence electrons. The first-order chi connectivity index (χ1) is 11.0. The molecule has 2 amide bonds. The number of rotatable bonds is 3. The number of halogens is 1. The van der Waals surface area contributed by atoms with E-state index < -0.39 is 0 Å². The number of hydrogen-bond donors (Lipinski definition) is 1. The van der Waals surface area contributed by atoms with Gasteiger partial charge in [-0.3, -0.25) is 9.59 Å². The highest BCUT2D eigenvalue weighted by atomic mass is 35.5. The summed E-state index contributed by atoms with van der Waals surface area (Å²) < 4.78 is 5.36. The van der Waals surface area contributed by atoms with Gasteiger partial charge in [-0.25, -0.2) is 0 Å². The lowest BCUT2D eigenvalue weighted by atomic mass is 10.1. The summed E-state index contributed by atoms with van der Waals surface area (Å²) in [5, 5.41) is 3.37. The van der Waals surface area contributed by atoms with E-state index in [9.17, 15) is 9.59 Å². The SMILES string of the molecule is CN1C(=O)COc2ccc(NC(=O)Cc3ccccc3Cl)cc21. The van der Waals surface area contributed by atoms with Gasteiger partial charge in [0, 0.05) is 17.8 Å². The van der Waals surface area contributed by atoms with Crippen LogP contribution in [0, 0.1) is 0 Å². The lowest BCUT2D eigenvalue weighted by molar-refractivity contribution is -0.121. The van der Waals surface area contributed by atoms with Gasteiger partial charge in [-0.15, -0.1) is 0 Å². The zero-order chi connectivity index (χ0) is 16.4. The van der Waals surface area contributed by atoms with Crippen LogP contribution < -0.4 is 15.0 Å². The normalized spacial score (nSPS) is 13.3. The standard InChI is InChI=1S/C17H15ClN2O3/c1-20-14-9-12(6-7-15(14)23-10-17(20)22)19-16(21)8-11-4-2-3-5-13(11)18/h2-7,9H,8,10H2,1H3,(H,19,21). The van der Waals surface area contributed by atoms with Crippen LogP contribution in [0.15, 0.2) is 42.5 Å². The molecule has 0 fully saturated rings. The maximum Gasteiger partial charge on any atom is 0.264 e. The molecular formula is C17H15ClN2O3. The van der Waals surface area contributed by atoms with Crippen LogP contribution in [0.4, 0.5) is 11.4 Å². The van der Waals surface area contributed by atoms with E-state index in [0.717, 1.165) is 5.56 Å². The summed E-state index contributed by atoms with van der Waals surface area (Å²) in [6.07, 6.45) is 0.183. The summed E-state index contributed by atoms with van der Waals surface area (Å²) in [5.41, 5.74) is 2.00. The Labute approximate surface area is 138 Å². The zero-order valence-corrected chi connectivity index (χ0v) is 13.3. The molecule has 1 aliphatic rings. The zero-order valence-electron chi connectivity index (χ0n) is 12.5. The third-order valence-electron chi connectivity index (χ3n) is 3.64. The van der Waals surface area contributed by atoms with Crippen molar-refractivity contribution in [1.29, 1.82) is 0 Å². The van der Waals surface area contributed by atoms with Gasteiger partial charge in [0.25, 0.3) is 5.91 Å². The molecule has 2 aromatic rings. The molecule has 1 heterocycles. The van der Waals surface area contributed by atoms with Crippen LogP contribution >= 0.6 is 11.6 Å². The molecule has 3 rings (SSSR count). The highest BCUT2D eigenvalue weighted by Gasteiger charge is 2.22. The van der Waals surface area contributed by atoms with E-state index in [2.05, 4.69) is 5.32 Å². The second-order valence-corrected chi connectivity index (χ2v) is 5.65. The Hall–Kier alpha value is -2.53. The number of carbonyl (C=O) groups is 2. The average Bonchev–Trinajstić information content (AvgIpc) is 2.54. The molecule has 0 bridgehead atoms. The number of hydrogen-bond acceptors (Lipinski definition) is 3. The number of nitrogens with zero attached hydrogens (tertiary/aromatic N) is 1. The minimum absolute atomic E-state index is 0.0295. The monoisotopic (exact) mass is 330 g/mol. The van der Waals surface area contributed by atoms with Crippen LogP contribution in [0.2, 0.25) is 5.02 Å². The molecule has 0 saturated heterocycles. The van der Waals surface area contributed by atoms with Crippen LogP contribution in [0.3, 0.4) is 0 Å². The van der Waals surface area contributed by atoms with Crippen molar-refractivity contribution in [1.82, 2.24) is 0 Å². The summed E-state index contributed by atoms with van der Waals surface area (Å²) in [6.45, 7) is 0.0295. The lowest BCUT2D eigenvalue weighted by Crippen LogP contribution is -2.35. The summed E-state index contributed by atoms with van der Waals surface area (Å²) in [7, 11) is 1.68. The Bertz CT molecular complexity index is 776. The first-order valence-corrected chi connectivity index (χ1v) is 7.49. The third kappa shape index (κ3) is 3.29. The average molecular weight is 331 g/mol. The molecule has 0 aliphatic carbocycles. The van der Waals surface area contributed by atoms with Gasteiger partial charge in [0.05, 0.1) is 12.1 Å². The molecule has 0 aromatic heterocycles. The van der Waals surface area contributed by atoms with Crippen LogP contribution in [0.5, 0.6) is 5.75 Å². The Balaban J connectivity index is 1.75. The van der Waals surface area contributed by atoms with Crippen LogP contribution in [0.1, 0.15) is 5.56 Å². The van der Waals surface area contributed by atoms with Gasteiger partial charge < -0.3 is 15.0 Å². The lowest BCUT2D eigenvalue weighted by Gasteiger charge is -2.26. The highest BCUT2D eigenvalue weighted by molar-refractivity contribution is 6.31. The molecule has 0 spiro atoms. The van der Waals surface area contributed by atoms with Crippen molar-refractivity contribution in [2.45, 2.75) is 6.42 Å². The molecule has 5 nitrogen and oxygen atoms in total. The summed E-state index contributed by atoms with van der Waals surface area (Å²) in [5.74, 6) is 0.317. The second kappa shape index (κ2) is 6.30. The van der Waals surface area contributed by atoms with Crippen molar-refractivity contribution in [3.63, 3.8) is 0 Å². The molecule has 6 heteroatoms. The quantitative estimate of drug-likeness (QED) is 0.941. The summed E-state index contributed by atoms with van der Waals surface area (Å²) in [4.78, 5) is 25.4. The van der Waals surface area contributed by atoms with E-state index in [0.29, 0.717) is 22.1 Å². The van der Waals surface area contributed by atoms with Crippen LogP contribution in [-0.2, 0) is 16.0 Å². The third-order valence-corrected chi connectivity index (χ3v) is 4.01. The van der Waals surface area contributed by atoms with E-state index in [1.165, 1.54) is 4.90 Å². The Kier molecular flexibility index (Phi) is 4.21. The van der Waals surface area contributed by atoms with Gasteiger partial charge >= 0.3 is 0 Å². The molecule has 0 saturated carbocycles. The van der Waals surface area contributed by atoms with E-state index in [-0.39, 0.29) is 24.8 Å². The maximum atomic E-state index is 12.2. The smallest absolute Gasteiger partial charge is 0.264 e.